The minimum absolute atomic E-state index is 0.328. The van der Waals surface area contributed by atoms with Crippen LogP contribution in [0.1, 0.15) is 11.1 Å². The topological polar surface area (TPSA) is 73.3 Å². The number of likely N-dealkylation sites (N-methyl/N-ethyl adjacent to an activating group) is 1. The summed E-state index contributed by atoms with van der Waals surface area (Å²) in [5.74, 6) is -0.672. The molecule has 0 amide bonds. The number of carbonyl (C=O) groups excluding carboxylic acids is 1. The van der Waals surface area contributed by atoms with Gasteiger partial charge >= 0.3 is 0 Å². The number of aryl methyl sites for hydroxylation is 1. The van der Waals surface area contributed by atoms with Crippen molar-refractivity contribution in [3.05, 3.63) is 53.5 Å². The molecule has 2 aromatic rings. The number of aliphatic imine (C=N–C) groups is 1. The average molecular weight is 412 g/mol. The Labute approximate surface area is 174 Å². The molecule has 2 aliphatic heterocycles. The summed E-state index contributed by atoms with van der Waals surface area (Å²) in [6, 6.07) is 8.47. The third-order valence-electron chi connectivity index (χ3n) is 5.53. The van der Waals surface area contributed by atoms with Gasteiger partial charge in [-0.05, 0) is 31.7 Å². The normalized spacial score (nSPS) is 22.8. The molecule has 8 nitrogen and oxygen atoms in total. The third-order valence-corrected chi connectivity index (χ3v) is 5.53. The van der Waals surface area contributed by atoms with Gasteiger partial charge in [-0.1, -0.05) is 12.1 Å². The molecular weight excluding hydrogens is 387 g/mol. The maximum Gasteiger partial charge on any atom is 0.243 e. The van der Waals surface area contributed by atoms with Gasteiger partial charge < -0.3 is 9.64 Å². The molecule has 1 fully saturated rings. The number of piperazine rings is 1. The maximum atomic E-state index is 14.3. The number of aldehydes is 1. The van der Waals surface area contributed by atoms with E-state index in [4.69, 9.17) is 9.73 Å². The fourth-order valence-electron chi connectivity index (χ4n) is 3.61. The van der Waals surface area contributed by atoms with E-state index in [1.165, 1.54) is 6.07 Å². The second-order valence-electron chi connectivity index (χ2n) is 7.54. The molecule has 1 atom stereocenters. The largest absolute Gasteiger partial charge is 0.481 e. The number of nitrogens with zero attached hydrogens (tertiary/aromatic N) is 5. The highest BCUT2D eigenvalue weighted by molar-refractivity contribution is 6.11. The lowest BCUT2D eigenvalue weighted by molar-refractivity contribution is -0.121. The molecule has 0 bridgehead atoms. The van der Waals surface area contributed by atoms with Gasteiger partial charge in [0, 0.05) is 37.8 Å². The molecule has 9 heteroatoms. The predicted octanol–water partition coefficient (Wildman–Crippen LogP) is 1.41. The van der Waals surface area contributed by atoms with Crippen molar-refractivity contribution in [3.63, 3.8) is 0 Å². The molecule has 3 heterocycles. The van der Waals surface area contributed by atoms with Crippen LogP contribution in [0.5, 0.6) is 5.88 Å². The summed E-state index contributed by atoms with van der Waals surface area (Å²) >= 11 is 0. The summed E-state index contributed by atoms with van der Waals surface area (Å²) in [6.07, 6.45) is 2.43. The highest BCUT2D eigenvalue weighted by atomic mass is 19.1. The lowest BCUT2D eigenvalue weighted by atomic mass is 10.1. The van der Waals surface area contributed by atoms with Gasteiger partial charge in [0.1, 0.15) is 5.82 Å². The van der Waals surface area contributed by atoms with Crippen molar-refractivity contribution in [2.45, 2.75) is 12.7 Å². The first-order valence-corrected chi connectivity index (χ1v) is 9.80. The zero-order valence-corrected chi connectivity index (χ0v) is 17.3. The lowest BCUT2D eigenvalue weighted by Crippen LogP contribution is -2.64. The van der Waals surface area contributed by atoms with Crippen molar-refractivity contribution in [2.24, 2.45) is 4.99 Å². The minimum Gasteiger partial charge on any atom is -0.481 e. The zero-order chi connectivity index (χ0) is 21.3. The molecule has 1 N–H and O–H groups in total. The minimum atomic E-state index is -1.27. The average Bonchev–Trinajstić information content (AvgIpc) is 3.17. The zero-order valence-electron chi connectivity index (χ0n) is 17.3. The van der Waals surface area contributed by atoms with E-state index in [9.17, 15) is 9.18 Å². The van der Waals surface area contributed by atoms with Crippen LogP contribution >= 0.6 is 0 Å². The van der Waals surface area contributed by atoms with Gasteiger partial charge in [0.2, 0.25) is 11.7 Å². The molecular formula is C21H25FN6O2. The van der Waals surface area contributed by atoms with Crippen LogP contribution in [-0.2, 0) is 4.79 Å². The van der Waals surface area contributed by atoms with Gasteiger partial charge in [0.15, 0.2) is 12.1 Å². The number of rotatable bonds is 5. The van der Waals surface area contributed by atoms with Crippen LogP contribution in [0.2, 0.25) is 0 Å². The monoisotopic (exact) mass is 412 g/mol. The number of anilines is 1. The predicted molar refractivity (Wildman–Crippen MR) is 112 cm³/mol. The molecule has 0 spiro atoms. The molecule has 1 aromatic heterocycles. The first-order valence-electron chi connectivity index (χ1n) is 9.80. The van der Waals surface area contributed by atoms with Crippen molar-refractivity contribution in [1.82, 2.24) is 20.2 Å². The Hall–Kier alpha value is -2.88. The molecule has 1 unspecified atom stereocenters. The molecule has 158 valence electrons. The summed E-state index contributed by atoms with van der Waals surface area (Å²) in [7, 11) is 3.59. The Morgan fingerprint density at radius 3 is 2.57 bits per heavy atom. The SMILES string of the molecule is COc1ccc(N2NC(C=O)(N3CCN(C)CC3)N=C2c2ccc(C)c(F)c2)cn1. The van der Waals surface area contributed by atoms with Crippen LogP contribution < -0.4 is 15.2 Å². The summed E-state index contributed by atoms with van der Waals surface area (Å²) in [4.78, 5) is 25.6. The van der Waals surface area contributed by atoms with E-state index in [0.29, 0.717) is 41.6 Å². The van der Waals surface area contributed by atoms with E-state index in [1.54, 1.807) is 43.4 Å². The number of hydrogen-bond acceptors (Lipinski definition) is 8. The van der Waals surface area contributed by atoms with Crippen LogP contribution in [-0.4, -0.2) is 73.0 Å². The van der Waals surface area contributed by atoms with Crippen LogP contribution in [0.15, 0.2) is 41.5 Å². The first-order chi connectivity index (χ1) is 14.5. The number of benzene rings is 1. The number of carbonyl (C=O) groups is 1. The number of aromatic nitrogens is 1. The van der Waals surface area contributed by atoms with E-state index in [0.717, 1.165) is 19.4 Å². The third kappa shape index (κ3) is 3.67. The smallest absolute Gasteiger partial charge is 0.243 e. The Morgan fingerprint density at radius 1 is 1.20 bits per heavy atom. The molecule has 0 radical (unpaired) electrons. The Bertz CT molecular complexity index is 958. The van der Waals surface area contributed by atoms with Gasteiger partial charge in [-0.3, -0.25) is 14.7 Å². The van der Waals surface area contributed by atoms with E-state index in [-0.39, 0.29) is 5.82 Å². The van der Waals surface area contributed by atoms with Crippen LogP contribution in [0.4, 0.5) is 10.1 Å². The second kappa shape index (κ2) is 8.10. The van der Waals surface area contributed by atoms with Gasteiger partial charge in [0.25, 0.3) is 0 Å². The van der Waals surface area contributed by atoms with Gasteiger partial charge in [-0.2, -0.15) is 5.43 Å². The molecule has 1 aromatic carbocycles. The quantitative estimate of drug-likeness (QED) is 0.745. The molecule has 1 saturated heterocycles. The number of pyridine rings is 1. The number of halogens is 1. The second-order valence-corrected chi connectivity index (χ2v) is 7.54. The summed E-state index contributed by atoms with van der Waals surface area (Å²) in [5, 5.41) is 1.68. The Balaban J connectivity index is 1.77. The lowest BCUT2D eigenvalue weighted by Gasteiger charge is -2.40. The number of hydrazine groups is 1. The highest BCUT2D eigenvalue weighted by Crippen LogP contribution is 2.28. The molecule has 0 saturated carbocycles. The maximum absolute atomic E-state index is 14.3. The highest BCUT2D eigenvalue weighted by Gasteiger charge is 2.45. The van der Waals surface area contributed by atoms with Crippen molar-refractivity contribution in [1.29, 1.82) is 0 Å². The number of nitrogens with one attached hydrogen (secondary N) is 1. The van der Waals surface area contributed by atoms with Crippen LogP contribution in [0.25, 0.3) is 0 Å². The number of amidine groups is 1. The summed E-state index contributed by atoms with van der Waals surface area (Å²) < 4.78 is 19.5. The number of methoxy groups -OCH3 is 1. The fraction of sp³-hybridized carbons (Fsp3) is 0.381. The standard InChI is InChI=1S/C21H25FN6O2/c1-15-4-5-16(12-18(15)22)20-24-21(14-29,27-10-8-26(2)9-11-27)25-28(20)17-6-7-19(30-3)23-13-17/h4-7,12-14,25H,8-11H2,1-3H3. The van der Waals surface area contributed by atoms with Crippen molar-refractivity contribution < 1.29 is 13.9 Å². The van der Waals surface area contributed by atoms with E-state index >= 15 is 0 Å². The molecule has 30 heavy (non-hydrogen) atoms. The fourth-order valence-corrected chi connectivity index (χ4v) is 3.61. The molecule has 2 aliphatic rings. The van der Waals surface area contributed by atoms with Crippen molar-refractivity contribution in [2.75, 3.05) is 45.3 Å². The number of hydrogen-bond donors (Lipinski definition) is 1. The van der Waals surface area contributed by atoms with Gasteiger partial charge in [-0.25, -0.2) is 14.4 Å². The van der Waals surface area contributed by atoms with Crippen molar-refractivity contribution >= 4 is 17.8 Å². The molecule has 4 rings (SSSR count). The van der Waals surface area contributed by atoms with E-state index in [1.807, 2.05) is 18.0 Å². The Morgan fingerprint density at radius 2 is 1.97 bits per heavy atom. The van der Waals surface area contributed by atoms with Crippen molar-refractivity contribution in [3.8, 4) is 5.88 Å². The summed E-state index contributed by atoms with van der Waals surface area (Å²) in [5.41, 5.74) is 5.02. The van der Waals surface area contributed by atoms with E-state index < -0.39 is 5.79 Å². The number of ether oxygens (including phenoxy) is 1. The van der Waals surface area contributed by atoms with E-state index in [2.05, 4.69) is 15.3 Å². The Kier molecular flexibility index (Phi) is 5.50. The van der Waals surface area contributed by atoms with Crippen LogP contribution in [0, 0.1) is 12.7 Å². The van der Waals surface area contributed by atoms with Gasteiger partial charge in [-0.15, -0.1) is 0 Å². The summed E-state index contributed by atoms with van der Waals surface area (Å²) in [6.45, 7) is 4.71. The van der Waals surface area contributed by atoms with Gasteiger partial charge in [0.05, 0.1) is 19.0 Å². The first kappa shape index (κ1) is 20.4. The van der Waals surface area contributed by atoms with Crippen LogP contribution in [0.3, 0.4) is 0 Å². The molecule has 0 aliphatic carbocycles.